The van der Waals surface area contributed by atoms with Crippen molar-refractivity contribution in [3.05, 3.63) is 54.9 Å². The van der Waals surface area contributed by atoms with Crippen molar-refractivity contribution in [2.75, 3.05) is 11.5 Å². The maximum atomic E-state index is 13.0. The number of hydrogen-bond acceptors (Lipinski definition) is 6. The highest BCUT2D eigenvalue weighted by molar-refractivity contribution is 7.18. The third-order valence-corrected chi connectivity index (χ3v) is 5.58. The molecule has 2 heterocycles. The molecular formula is C20H20N4O2S. The molecule has 4 rings (SSSR count). The van der Waals surface area contributed by atoms with Gasteiger partial charge in [-0.25, -0.2) is 0 Å². The van der Waals surface area contributed by atoms with Crippen LogP contribution >= 0.6 is 11.3 Å². The summed E-state index contributed by atoms with van der Waals surface area (Å²) >= 11 is 1.43. The van der Waals surface area contributed by atoms with Crippen molar-refractivity contribution in [1.82, 2.24) is 15.2 Å². The van der Waals surface area contributed by atoms with Crippen LogP contribution in [0.4, 0.5) is 5.13 Å². The largest absolute Gasteiger partial charge is 0.484 e. The molecule has 1 aliphatic rings. The molecule has 0 unspecified atom stereocenters. The van der Waals surface area contributed by atoms with Crippen LogP contribution in [0, 0.1) is 0 Å². The Hall–Kier alpha value is -2.80. The van der Waals surface area contributed by atoms with Crippen molar-refractivity contribution in [2.24, 2.45) is 0 Å². The van der Waals surface area contributed by atoms with E-state index in [0.717, 1.165) is 36.3 Å². The Morgan fingerprint density at radius 3 is 2.56 bits per heavy atom. The maximum Gasteiger partial charge on any atom is 0.267 e. The van der Waals surface area contributed by atoms with Crippen LogP contribution in [0.15, 0.2) is 54.9 Å². The summed E-state index contributed by atoms with van der Waals surface area (Å²) in [6.07, 6.45) is 7.69. The Bertz CT molecular complexity index is 879. The van der Waals surface area contributed by atoms with Crippen LogP contribution in [0.3, 0.4) is 0 Å². The van der Waals surface area contributed by atoms with Crippen molar-refractivity contribution in [2.45, 2.75) is 31.7 Å². The van der Waals surface area contributed by atoms with E-state index in [2.05, 4.69) is 15.2 Å². The van der Waals surface area contributed by atoms with Gasteiger partial charge in [-0.3, -0.25) is 14.7 Å². The second kappa shape index (κ2) is 8.26. The van der Waals surface area contributed by atoms with Gasteiger partial charge in [-0.1, -0.05) is 42.4 Å². The molecular weight excluding hydrogens is 360 g/mol. The van der Waals surface area contributed by atoms with E-state index >= 15 is 0 Å². The fraction of sp³-hybridized carbons (Fsp3) is 0.300. The summed E-state index contributed by atoms with van der Waals surface area (Å²) in [6, 6.07) is 13.3. The van der Waals surface area contributed by atoms with E-state index in [4.69, 9.17) is 4.74 Å². The number of rotatable bonds is 6. The van der Waals surface area contributed by atoms with Crippen LogP contribution in [0.5, 0.6) is 5.75 Å². The van der Waals surface area contributed by atoms with Gasteiger partial charge < -0.3 is 4.74 Å². The summed E-state index contributed by atoms with van der Waals surface area (Å²) in [5.74, 6) is 0.607. The highest BCUT2D eigenvalue weighted by Gasteiger charge is 2.31. The molecule has 0 aliphatic heterocycles. The minimum atomic E-state index is -0.0804. The lowest BCUT2D eigenvalue weighted by atomic mass is 10.2. The quantitative estimate of drug-likeness (QED) is 0.648. The number of hydrogen-bond donors (Lipinski definition) is 0. The molecule has 0 saturated heterocycles. The summed E-state index contributed by atoms with van der Waals surface area (Å²) in [7, 11) is 0. The second-order valence-corrected chi connectivity index (χ2v) is 7.39. The lowest BCUT2D eigenvalue weighted by Gasteiger charge is -2.26. The standard InChI is InChI=1S/C20H20N4O2S/c25-18(14-26-17-8-2-1-3-9-17)24(16-6-4-5-7-16)20-23-22-19(27-20)15-10-12-21-13-11-15/h1-3,8-13,16H,4-7,14H2. The highest BCUT2D eigenvalue weighted by Crippen LogP contribution is 2.33. The normalized spacial score (nSPS) is 14.2. The van der Waals surface area contributed by atoms with E-state index in [1.165, 1.54) is 11.3 Å². The molecule has 1 aliphatic carbocycles. The van der Waals surface area contributed by atoms with E-state index in [-0.39, 0.29) is 18.6 Å². The molecule has 138 valence electrons. The molecule has 1 fully saturated rings. The minimum Gasteiger partial charge on any atom is -0.484 e. The van der Waals surface area contributed by atoms with E-state index in [9.17, 15) is 4.79 Å². The van der Waals surface area contributed by atoms with Crippen LogP contribution in [0.1, 0.15) is 25.7 Å². The second-order valence-electron chi connectivity index (χ2n) is 6.43. The molecule has 2 aromatic heterocycles. The first kappa shape index (κ1) is 17.6. The first-order chi connectivity index (χ1) is 13.3. The fourth-order valence-electron chi connectivity index (χ4n) is 3.28. The molecule has 27 heavy (non-hydrogen) atoms. The van der Waals surface area contributed by atoms with E-state index < -0.39 is 0 Å². The summed E-state index contributed by atoms with van der Waals surface area (Å²) in [5, 5.41) is 10.0. The van der Waals surface area contributed by atoms with Gasteiger partial charge in [-0.05, 0) is 37.1 Å². The summed E-state index contributed by atoms with van der Waals surface area (Å²) in [4.78, 5) is 18.8. The van der Waals surface area contributed by atoms with Crippen molar-refractivity contribution >= 4 is 22.4 Å². The maximum absolute atomic E-state index is 13.0. The Labute approximate surface area is 161 Å². The number of aromatic nitrogens is 3. The Morgan fingerprint density at radius 2 is 1.81 bits per heavy atom. The monoisotopic (exact) mass is 380 g/mol. The predicted molar refractivity (Wildman–Crippen MR) is 105 cm³/mol. The number of amides is 1. The smallest absolute Gasteiger partial charge is 0.267 e. The van der Waals surface area contributed by atoms with Crippen molar-refractivity contribution < 1.29 is 9.53 Å². The average molecular weight is 380 g/mol. The van der Waals surface area contributed by atoms with E-state index in [1.54, 1.807) is 17.3 Å². The molecule has 1 amide bonds. The first-order valence-electron chi connectivity index (χ1n) is 9.05. The Balaban J connectivity index is 1.54. The average Bonchev–Trinajstić information content (AvgIpc) is 3.41. The number of carbonyl (C=O) groups is 1. The summed E-state index contributed by atoms with van der Waals surface area (Å²) in [6.45, 7) is -0.00924. The lowest BCUT2D eigenvalue weighted by Crippen LogP contribution is -2.41. The van der Waals surface area contributed by atoms with Crippen LogP contribution in [-0.4, -0.2) is 33.7 Å². The number of anilines is 1. The van der Waals surface area contributed by atoms with Gasteiger partial charge >= 0.3 is 0 Å². The minimum absolute atomic E-state index is 0.00924. The molecule has 0 N–H and O–H groups in total. The summed E-state index contributed by atoms with van der Waals surface area (Å²) in [5.41, 5.74) is 0.952. The number of benzene rings is 1. The Morgan fingerprint density at radius 1 is 1.07 bits per heavy atom. The van der Waals surface area contributed by atoms with Crippen LogP contribution < -0.4 is 9.64 Å². The third-order valence-electron chi connectivity index (χ3n) is 4.61. The van der Waals surface area contributed by atoms with Crippen molar-refractivity contribution in [3.63, 3.8) is 0 Å². The number of nitrogens with zero attached hydrogens (tertiary/aromatic N) is 4. The van der Waals surface area contributed by atoms with Gasteiger partial charge in [-0.15, -0.1) is 10.2 Å². The predicted octanol–water partition coefficient (Wildman–Crippen LogP) is 3.95. The fourth-order valence-corrected chi connectivity index (χ4v) is 4.22. The molecule has 0 bridgehead atoms. The van der Waals surface area contributed by atoms with Gasteiger partial charge in [0.1, 0.15) is 10.8 Å². The molecule has 6 nitrogen and oxygen atoms in total. The number of ether oxygens (including phenoxy) is 1. The molecule has 0 radical (unpaired) electrons. The van der Waals surface area contributed by atoms with Crippen LogP contribution in [0.2, 0.25) is 0 Å². The van der Waals surface area contributed by atoms with Gasteiger partial charge in [-0.2, -0.15) is 0 Å². The highest BCUT2D eigenvalue weighted by atomic mass is 32.1. The van der Waals surface area contributed by atoms with Gasteiger partial charge in [0.05, 0.1) is 0 Å². The molecule has 1 saturated carbocycles. The van der Waals surface area contributed by atoms with Gasteiger partial charge in [0.25, 0.3) is 5.91 Å². The third kappa shape index (κ3) is 4.14. The molecule has 3 aromatic rings. The molecule has 0 atom stereocenters. The number of pyridine rings is 1. The van der Waals surface area contributed by atoms with E-state index in [0.29, 0.717) is 10.9 Å². The first-order valence-corrected chi connectivity index (χ1v) is 9.87. The van der Waals surface area contributed by atoms with Crippen molar-refractivity contribution in [1.29, 1.82) is 0 Å². The summed E-state index contributed by atoms with van der Waals surface area (Å²) < 4.78 is 5.68. The SMILES string of the molecule is O=C(COc1ccccc1)N(c1nnc(-c2ccncc2)s1)C1CCCC1. The van der Waals surface area contributed by atoms with Crippen LogP contribution in [0.25, 0.3) is 10.6 Å². The van der Waals surface area contributed by atoms with Crippen molar-refractivity contribution in [3.8, 4) is 16.3 Å². The molecule has 7 heteroatoms. The Kier molecular flexibility index (Phi) is 5.39. The zero-order valence-electron chi connectivity index (χ0n) is 14.8. The van der Waals surface area contributed by atoms with Gasteiger partial charge in [0.15, 0.2) is 6.61 Å². The zero-order valence-corrected chi connectivity index (χ0v) is 15.6. The number of carbonyl (C=O) groups excluding carboxylic acids is 1. The lowest BCUT2D eigenvalue weighted by molar-refractivity contribution is -0.121. The van der Waals surface area contributed by atoms with Gasteiger partial charge in [0.2, 0.25) is 5.13 Å². The topological polar surface area (TPSA) is 68.2 Å². The molecule has 0 spiro atoms. The zero-order chi connectivity index (χ0) is 18.5. The van der Waals surface area contributed by atoms with E-state index in [1.807, 2.05) is 42.5 Å². The number of para-hydroxylation sites is 1. The molecule has 1 aromatic carbocycles. The van der Waals surface area contributed by atoms with Gasteiger partial charge in [0, 0.05) is 24.0 Å². The van der Waals surface area contributed by atoms with Crippen LogP contribution in [-0.2, 0) is 4.79 Å².